The van der Waals surface area contributed by atoms with E-state index in [1.54, 1.807) is 0 Å². The molecule has 0 heterocycles. The van der Waals surface area contributed by atoms with Crippen LogP contribution in [0.1, 0.15) is 153 Å². The number of hydrogen-bond donors (Lipinski definition) is 28. The number of aliphatic carboxylic acids is 1. The number of aromatic hydroxyl groups is 1. The predicted molar refractivity (Wildman–Crippen MR) is 443 cm³/mol. The highest BCUT2D eigenvalue weighted by molar-refractivity contribution is 5.99. The number of carbonyl (C=O) groups excluding carboxylic acids is 12. The number of amides is 12. The van der Waals surface area contributed by atoms with E-state index in [0.717, 1.165) is 0 Å². The van der Waals surface area contributed by atoms with Crippen molar-refractivity contribution in [2.75, 3.05) is 65.4 Å². The van der Waals surface area contributed by atoms with Gasteiger partial charge in [0, 0.05) is 70.0 Å². The van der Waals surface area contributed by atoms with Gasteiger partial charge in [-0.25, -0.2) is 4.79 Å². The number of rotatable bonds is 64. The summed E-state index contributed by atoms with van der Waals surface area (Å²) in [7, 11) is 0. The molecule has 0 spiro atoms. The number of nitrogens with zero attached hydrogens (tertiary/aromatic N) is 9. The molecular formula is C69H125N35O15. The number of aliphatic imine (C=N–C) groups is 6. The van der Waals surface area contributed by atoms with E-state index < -0.39 is 157 Å². The molecule has 0 bridgehead atoms. The minimum Gasteiger partial charge on any atom is -0.508 e. The van der Waals surface area contributed by atoms with Crippen LogP contribution in [0.15, 0.2) is 59.3 Å². The Bertz CT molecular complexity index is 3630. The summed E-state index contributed by atoms with van der Waals surface area (Å²) < 4.78 is 0. The second-order valence-corrected chi connectivity index (χ2v) is 27.3. The zero-order valence-electron chi connectivity index (χ0n) is 67.0. The monoisotopic (exact) mass is 1680 g/mol. The van der Waals surface area contributed by atoms with Gasteiger partial charge < -0.3 is 155 Å². The molecule has 43 N–H and O–H groups in total. The first-order chi connectivity index (χ1) is 56.5. The summed E-state index contributed by atoms with van der Waals surface area (Å²) in [5, 5.41) is 51.7. The number of nitrogens with two attached hydrogens (primary N) is 15. The van der Waals surface area contributed by atoms with E-state index in [-0.39, 0.29) is 216 Å². The lowest BCUT2D eigenvalue weighted by Crippen LogP contribution is -2.60. The van der Waals surface area contributed by atoms with Crippen LogP contribution in [-0.2, 0) is 68.7 Å². The molecule has 1 rings (SSSR count). The first kappa shape index (κ1) is 104. The number of carbonyl (C=O) groups is 13. The molecule has 119 heavy (non-hydrogen) atoms. The molecule has 10 atom stereocenters. The van der Waals surface area contributed by atoms with Crippen LogP contribution in [0, 0.1) is 0 Å². The second kappa shape index (κ2) is 60.5. The van der Waals surface area contributed by atoms with E-state index >= 15 is 0 Å². The van der Waals surface area contributed by atoms with Gasteiger partial charge in [0.1, 0.15) is 66.2 Å². The lowest BCUT2D eigenvalue weighted by molar-refractivity contribution is -0.142. The number of guanidine groups is 6. The van der Waals surface area contributed by atoms with Gasteiger partial charge in [0.25, 0.3) is 0 Å². The smallest absolute Gasteiger partial charge is 0.326 e. The van der Waals surface area contributed by atoms with Crippen LogP contribution < -0.4 is 144 Å². The van der Waals surface area contributed by atoms with Crippen molar-refractivity contribution in [3.05, 3.63) is 40.3 Å². The van der Waals surface area contributed by atoms with Crippen molar-refractivity contribution in [3.63, 3.8) is 0 Å². The lowest BCUT2D eigenvalue weighted by Gasteiger charge is -2.28. The molecule has 0 fully saturated rings. The number of nitrogens with one attached hydrogen (secondary N) is 11. The second-order valence-electron chi connectivity index (χ2n) is 27.3. The number of azide groups is 1. The van der Waals surface area contributed by atoms with E-state index in [2.05, 4.69) is 98.5 Å². The number of unbranched alkanes of at least 4 members (excludes halogenated alkanes) is 3. The molecule has 0 saturated carbocycles. The first-order valence-corrected chi connectivity index (χ1v) is 38.8. The van der Waals surface area contributed by atoms with Crippen LogP contribution in [0.4, 0.5) is 0 Å². The molecule has 1 aromatic rings. The van der Waals surface area contributed by atoms with Crippen molar-refractivity contribution < 1.29 is 72.5 Å². The molecule has 0 aliphatic heterocycles. The standard InChI is InChI=1S/C69H125N35O15/c70-28-4-1-13-42(96-55(110)41(15-7-30-86-64(73)74)94-53(108)38-92-54(109)50(37-39-22-24-40(105)25-23-39)95-52(107)21-3-6-36-93-104-85)56(111)97-43(14-2-5-29-71)57(112)98-44(16-8-31-87-65(75)76)58(113)99-46(18-10-33-89-67(79)80)60(115)102-48(26-27-51(72)106)62(117)101-45(17-9-32-88-66(77)78)59(114)100-47(19-11-34-90-68(81)82)61(116)103-49(63(118)119)20-12-35-91-69(83)84/h22-25,41-50,105H,1-21,26-38,70-71H2,(H2,72,106)(H,92,109)(H,94,108)(H,95,107)(H,96,110)(H,97,111)(H,98,112)(H,99,113)(H,100,114)(H,101,117)(H,102,115)(H,103,116)(H,118,119)(H4,73,74,86)(H4,75,76,87)(H4,77,78,88)(H4,79,80,89)(H4,81,82,90)(H4,83,84,91)/t41-,42-,43-,44-,45-,46-,47-,48-,49-,50-/m0/s1. The molecular weight excluding hydrogens is 1560 g/mol. The van der Waals surface area contributed by atoms with Gasteiger partial charge in [-0.05, 0) is 171 Å². The quantitative estimate of drug-likeness (QED) is 0.00719. The van der Waals surface area contributed by atoms with Crippen molar-refractivity contribution in [3.8, 4) is 5.75 Å². The fraction of sp³-hybridized carbons (Fsp3) is 0.638. The zero-order valence-corrected chi connectivity index (χ0v) is 67.0. The molecule has 666 valence electrons. The maximum absolute atomic E-state index is 14.9. The maximum atomic E-state index is 14.9. The van der Waals surface area contributed by atoms with Gasteiger partial charge in [-0.3, -0.25) is 87.5 Å². The summed E-state index contributed by atoms with van der Waals surface area (Å²) in [6, 6.07) is -9.44. The van der Waals surface area contributed by atoms with Gasteiger partial charge in [0.2, 0.25) is 70.9 Å². The predicted octanol–water partition coefficient (Wildman–Crippen LogP) is -9.69. The molecule has 12 amide bonds. The molecule has 0 saturated heterocycles. The topological polar surface area (TPSA) is 908 Å². The Balaban J connectivity index is 3.93. The maximum Gasteiger partial charge on any atom is 0.326 e. The molecule has 0 aliphatic rings. The third kappa shape index (κ3) is 49.5. The van der Waals surface area contributed by atoms with E-state index in [1.807, 2.05) is 0 Å². The highest BCUT2D eigenvalue weighted by Crippen LogP contribution is 2.15. The van der Waals surface area contributed by atoms with E-state index in [9.17, 15) is 72.5 Å². The average Bonchev–Trinajstić information content (AvgIpc) is 0.856. The van der Waals surface area contributed by atoms with Crippen LogP contribution in [0.25, 0.3) is 10.4 Å². The van der Waals surface area contributed by atoms with Crippen LogP contribution in [0.5, 0.6) is 5.75 Å². The average molecular weight is 1680 g/mol. The van der Waals surface area contributed by atoms with Gasteiger partial charge >= 0.3 is 5.97 Å². The summed E-state index contributed by atoms with van der Waals surface area (Å²) >= 11 is 0. The van der Waals surface area contributed by atoms with Crippen molar-refractivity contribution in [2.24, 2.45) is 121 Å². The van der Waals surface area contributed by atoms with E-state index in [0.29, 0.717) is 31.2 Å². The Hall–Kier alpha value is -13.0. The summed E-state index contributed by atoms with van der Waals surface area (Å²) in [5.41, 5.74) is 93.0. The Labute approximate surface area is 688 Å². The molecule has 50 nitrogen and oxygen atoms in total. The van der Waals surface area contributed by atoms with Gasteiger partial charge in [0.05, 0.1) is 6.54 Å². The molecule has 0 unspecified atom stereocenters. The highest BCUT2D eigenvalue weighted by Gasteiger charge is 2.36. The number of benzene rings is 1. The van der Waals surface area contributed by atoms with Crippen molar-refractivity contribution in [1.82, 2.24) is 58.5 Å². The minimum atomic E-state index is -1.75. The Morgan fingerprint density at radius 3 is 0.908 bits per heavy atom. The summed E-state index contributed by atoms with van der Waals surface area (Å²) in [6.45, 7) is -0.689. The largest absolute Gasteiger partial charge is 0.508 e. The van der Waals surface area contributed by atoms with E-state index in [1.165, 1.54) is 24.3 Å². The summed E-state index contributed by atoms with van der Waals surface area (Å²) in [6.07, 6.45) is -0.766. The zero-order chi connectivity index (χ0) is 89.2. The number of hydrogen-bond acceptors (Lipinski definition) is 23. The number of phenolic OH excluding ortho intramolecular Hbond substituents is 1. The summed E-state index contributed by atoms with van der Waals surface area (Å²) in [4.78, 5) is 209. The Kier molecular flexibility index (Phi) is 52.9. The first-order valence-electron chi connectivity index (χ1n) is 38.8. The third-order valence-corrected chi connectivity index (χ3v) is 17.4. The number of carboxylic acids is 1. The lowest BCUT2D eigenvalue weighted by atomic mass is 10.0. The number of primary amides is 1. The Morgan fingerprint density at radius 2 is 0.613 bits per heavy atom. The van der Waals surface area contributed by atoms with Gasteiger partial charge in [0.15, 0.2) is 35.8 Å². The van der Waals surface area contributed by atoms with Gasteiger partial charge in [-0.1, -0.05) is 17.2 Å². The molecule has 0 radical (unpaired) electrons. The normalized spacial score (nSPS) is 13.2. The van der Waals surface area contributed by atoms with Crippen molar-refractivity contribution in [1.29, 1.82) is 0 Å². The molecule has 50 heteroatoms. The molecule has 1 aromatic carbocycles. The Morgan fingerprint density at radius 1 is 0.328 bits per heavy atom. The molecule has 0 aliphatic carbocycles. The fourth-order valence-electron chi connectivity index (χ4n) is 11.3. The van der Waals surface area contributed by atoms with Crippen LogP contribution in [-0.4, -0.2) is 249 Å². The van der Waals surface area contributed by atoms with Crippen LogP contribution >= 0.6 is 0 Å². The van der Waals surface area contributed by atoms with Crippen LogP contribution in [0.2, 0.25) is 0 Å². The SMILES string of the molecule is [N-]=[N+]=NCCCCC(=O)N[C@@H](Cc1ccc(O)cc1)C(=O)NCC(=O)N[C@@H](CCCN=C(N)N)C(=O)N[C@@H](CCCCN)C(=O)N[C@@H](CCCCN)C(=O)N[C@@H](CCCN=C(N)N)C(=O)N[C@@H](CCCN=C(N)N)C(=O)N[C@@H](CCC(N)=O)C(=O)N[C@@H](CCCN=C(N)N)C(=O)N[C@@H](CCCN=C(N)N)C(=O)N[C@@H](CCCN=C(N)N)C(=O)O. The summed E-state index contributed by atoms with van der Waals surface area (Å²) in [5.74, 6) is -14.5. The highest BCUT2D eigenvalue weighted by atomic mass is 16.4. The van der Waals surface area contributed by atoms with Gasteiger partial charge in [-0.2, -0.15) is 0 Å². The van der Waals surface area contributed by atoms with Crippen LogP contribution in [0.3, 0.4) is 0 Å². The minimum absolute atomic E-state index is 0.0124. The third-order valence-electron chi connectivity index (χ3n) is 17.4. The van der Waals surface area contributed by atoms with Crippen molar-refractivity contribution >= 4 is 113 Å². The number of carboxylic acid groups (broad SMARTS) is 1. The molecule has 0 aromatic heterocycles. The van der Waals surface area contributed by atoms with Gasteiger partial charge in [-0.15, -0.1) is 0 Å². The van der Waals surface area contributed by atoms with E-state index in [4.69, 9.17) is 91.5 Å². The number of phenols is 1. The van der Waals surface area contributed by atoms with Crippen molar-refractivity contribution in [2.45, 2.75) is 215 Å². The fourth-order valence-corrected chi connectivity index (χ4v) is 11.3.